The van der Waals surface area contributed by atoms with Crippen LogP contribution in [0.1, 0.15) is 12.5 Å². The molecule has 2 heterocycles. The van der Waals surface area contributed by atoms with Crippen LogP contribution in [0.5, 0.6) is 5.75 Å². The first-order valence-electron chi connectivity index (χ1n) is 8.75. The molecule has 0 saturated carbocycles. The number of carbonyl (C=O) groups is 2. The maximum atomic E-state index is 12.9. The Morgan fingerprint density at radius 2 is 2.00 bits per heavy atom. The first kappa shape index (κ1) is 19.3. The number of halogens is 2. The fourth-order valence-electron chi connectivity index (χ4n) is 3.25. The van der Waals surface area contributed by atoms with Gasteiger partial charge in [0.25, 0.3) is 0 Å². The molecule has 1 aliphatic rings. The van der Waals surface area contributed by atoms with Crippen molar-refractivity contribution in [1.82, 2.24) is 9.78 Å². The zero-order valence-electron chi connectivity index (χ0n) is 15.3. The van der Waals surface area contributed by atoms with Crippen LogP contribution >= 0.6 is 23.2 Å². The van der Waals surface area contributed by atoms with E-state index in [2.05, 4.69) is 15.7 Å². The number of nitrogens with zero attached hydrogens (tertiary/aromatic N) is 2. The van der Waals surface area contributed by atoms with Crippen LogP contribution in [0.2, 0.25) is 10.0 Å². The molecule has 0 spiro atoms. The van der Waals surface area contributed by atoms with E-state index in [4.69, 9.17) is 27.9 Å². The number of hydrogen-bond donors (Lipinski definition) is 2. The molecule has 1 atom stereocenters. The predicted octanol–water partition coefficient (Wildman–Crippen LogP) is 4.39. The van der Waals surface area contributed by atoms with Gasteiger partial charge >= 0.3 is 0 Å². The Bertz CT molecular complexity index is 1110. The number of amides is 2. The summed E-state index contributed by atoms with van der Waals surface area (Å²) in [7, 11) is 1.57. The molecule has 2 N–H and O–H groups in total. The summed E-state index contributed by atoms with van der Waals surface area (Å²) in [4.78, 5) is 25.3. The van der Waals surface area contributed by atoms with Crippen molar-refractivity contribution in [3.63, 3.8) is 0 Å². The number of benzene rings is 2. The van der Waals surface area contributed by atoms with E-state index in [9.17, 15) is 9.59 Å². The molecular formula is C20H16Cl2N4O3. The molecule has 148 valence electrons. The highest BCUT2D eigenvalue weighted by Crippen LogP contribution is 2.39. The van der Waals surface area contributed by atoms with Gasteiger partial charge in [-0.15, -0.1) is 0 Å². The van der Waals surface area contributed by atoms with Gasteiger partial charge in [0.2, 0.25) is 11.8 Å². The van der Waals surface area contributed by atoms with Crippen LogP contribution in [0.3, 0.4) is 0 Å². The number of ether oxygens (including phenoxy) is 1. The van der Waals surface area contributed by atoms with Crippen LogP contribution in [-0.4, -0.2) is 28.7 Å². The smallest absolute Gasteiger partial charge is 0.249 e. The van der Waals surface area contributed by atoms with E-state index in [1.807, 2.05) is 24.3 Å². The van der Waals surface area contributed by atoms with Gasteiger partial charge in [-0.25, -0.2) is 4.68 Å². The highest BCUT2D eigenvalue weighted by molar-refractivity contribution is 6.44. The predicted molar refractivity (Wildman–Crippen MR) is 112 cm³/mol. The number of rotatable bonds is 4. The number of fused-ring (bicyclic) bond motifs is 1. The average molecular weight is 431 g/mol. The topological polar surface area (TPSA) is 85.2 Å². The number of aromatic nitrogens is 2. The Morgan fingerprint density at radius 1 is 1.21 bits per heavy atom. The number of carbonyl (C=O) groups excluding carboxylic acids is 2. The van der Waals surface area contributed by atoms with Gasteiger partial charge in [-0.1, -0.05) is 47.5 Å². The van der Waals surface area contributed by atoms with E-state index < -0.39 is 11.9 Å². The lowest BCUT2D eigenvalue weighted by atomic mass is 10.1. The van der Waals surface area contributed by atoms with Crippen molar-refractivity contribution in [3.8, 4) is 16.9 Å². The van der Waals surface area contributed by atoms with Gasteiger partial charge in [-0.05, 0) is 18.2 Å². The molecule has 1 unspecified atom stereocenters. The van der Waals surface area contributed by atoms with E-state index >= 15 is 0 Å². The van der Waals surface area contributed by atoms with Gasteiger partial charge in [0.15, 0.2) is 0 Å². The molecule has 4 rings (SSSR count). The SMILES string of the molecule is COc1ccccc1-c1cnn2c1NC(=O)CC2C(=O)Nc1cccc(Cl)c1Cl. The normalized spacial score (nSPS) is 15.4. The molecule has 1 aromatic heterocycles. The molecule has 0 fully saturated rings. The third-order valence-corrected chi connectivity index (χ3v) is 5.46. The maximum Gasteiger partial charge on any atom is 0.249 e. The lowest BCUT2D eigenvalue weighted by Crippen LogP contribution is -2.35. The first-order valence-corrected chi connectivity index (χ1v) is 9.51. The van der Waals surface area contributed by atoms with Gasteiger partial charge in [-0.2, -0.15) is 5.10 Å². The minimum Gasteiger partial charge on any atom is -0.496 e. The Morgan fingerprint density at radius 3 is 2.79 bits per heavy atom. The monoisotopic (exact) mass is 430 g/mol. The van der Waals surface area contributed by atoms with Crippen molar-refractivity contribution < 1.29 is 14.3 Å². The van der Waals surface area contributed by atoms with Gasteiger partial charge in [0, 0.05) is 11.1 Å². The van der Waals surface area contributed by atoms with Crippen molar-refractivity contribution in [1.29, 1.82) is 0 Å². The summed E-state index contributed by atoms with van der Waals surface area (Å²) in [5.74, 6) is 0.365. The molecule has 0 radical (unpaired) electrons. The molecular weight excluding hydrogens is 415 g/mol. The zero-order valence-corrected chi connectivity index (χ0v) is 16.8. The van der Waals surface area contributed by atoms with Crippen LogP contribution in [0, 0.1) is 0 Å². The Labute approximate surface area is 176 Å². The van der Waals surface area contributed by atoms with Crippen molar-refractivity contribution >= 4 is 46.5 Å². The second-order valence-electron chi connectivity index (χ2n) is 6.41. The van der Waals surface area contributed by atoms with Crippen LogP contribution in [0.4, 0.5) is 11.5 Å². The largest absolute Gasteiger partial charge is 0.496 e. The molecule has 3 aromatic rings. The second-order valence-corrected chi connectivity index (χ2v) is 7.20. The molecule has 1 aliphatic heterocycles. The summed E-state index contributed by atoms with van der Waals surface area (Å²) in [5.41, 5.74) is 1.79. The molecule has 7 nitrogen and oxygen atoms in total. The second kappa shape index (κ2) is 7.77. The van der Waals surface area contributed by atoms with Crippen LogP contribution in [-0.2, 0) is 9.59 Å². The fraction of sp³-hybridized carbons (Fsp3) is 0.150. The fourth-order valence-corrected chi connectivity index (χ4v) is 3.60. The highest BCUT2D eigenvalue weighted by atomic mass is 35.5. The summed E-state index contributed by atoms with van der Waals surface area (Å²) in [6.45, 7) is 0. The van der Waals surface area contributed by atoms with Crippen LogP contribution in [0.15, 0.2) is 48.7 Å². The van der Waals surface area contributed by atoms with Crippen molar-refractivity contribution in [2.75, 3.05) is 17.7 Å². The van der Waals surface area contributed by atoms with Crippen molar-refractivity contribution in [3.05, 3.63) is 58.7 Å². The van der Waals surface area contributed by atoms with Gasteiger partial charge in [0.05, 0.1) is 35.5 Å². The number of nitrogens with one attached hydrogen (secondary N) is 2. The van der Waals surface area contributed by atoms with E-state index in [0.717, 1.165) is 5.56 Å². The third kappa shape index (κ3) is 3.54. The Balaban J connectivity index is 1.70. The summed E-state index contributed by atoms with van der Waals surface area (Å²) in [6, 6.07) is 11.5. The summed E-state index contributed by atoms with van der Waals surface area (Å²) >= 11 is 12.2. The number of methoxy groups -OCH3 is 1. The lowest BCUT2D eigenvalue weighted by molar-refractivity contribution is -0.125. The first-order chi connectivity index (χ1) is 14.0. The zero-order chi connectivity index (χ0) is 20.5. The Hall–Kier alpha value is -3.03. The molecule has 2 amide bonds. The quantitative estimate of drug-likeness (QED) is 0.642. The maximum absolute atomic E-state index is 12.9. The van der Waals surface area contributed by atoms with Crippen LogP contribution in [0.25, 0.3) is 11.1 Å². The Kier molecular flexibility index (Phi) is 5.17. The molecule has 0 saturated heterocycles. The average Bonchev–Trinajstić information content (AvgIpc) is 3.14. The standard InChI is InChI=1S/C20H16Cl2N4O3/c1-29-16-8-3-2-5-11(16)12-10-23-26-15(9-17(27)25-19(12)26)20(28)24-14-7-4-6-13(21)18(14)22/h2-8,10,15H,9H2,1H3,(H,24,28)(H,25,27). The minimum atomic E-state index is -0.836. The molecule has 0 bridgehead atoms. The molecule has 2 aromatic carbocycles. The van der Waals surface area contributed by atoms with E-state index in [-0.39, 0.29) is 17.4 Å². The van der Waals surface area contributed by atoms with Crippen LogP contribution < -0.4 is 15.4 Å². The van der Waals surface area contributed by atoms with Crippen molar-refractivity contribution in [2.45, 2.75) is 12.5 Å². The molecule has 29 heavy (non-hydrogen) atoms. The number of hydrogen-bond acceptors (Lipinski definition) is 4. The molecule has 9 heteroatoms. The van der Waals surface area contributed by atoms with Gasteiger partial charge < -0.3 is 15.4 Å². The highest BCUT2D eigenvalue weighted by Gasteiger charge is 2.34. The van der Waals surface area contributed by atoms with Crippen molar-refractivity contribution in [2.24, 2.45) is 0 Å². The molecule has 0 aliphatic carbocycles. The van der Waals surface area contributed by atoms with Gasteiger partial charge in [-0.3, -0.25) is 9.59 Å². The van der Waals surface area contributed by atoms with E-state index in [1.165, 1.54) is 4.68 Å². The van der Waals surface area contributed by atoms with Gasteiger partial charge in [0.1, 0.15) is 17.6 Å². The number of para-hydroxylation sites is 1. The lowest BCUT2D eigenvalue weighted by Gasteiger charge is -2.25. The minimum absolute atomic E-state index is 0.0515. The number of anilines is 2. The van der Waals surface area contributed by atoms with E-state index in [1.54, 1.807) is 31.5 Å². The summed E-state index contributed by atoms with van der Waals surface area (Å²) < 4.78 is 6.91. The third-order valence-electron chi connectivity index (χ3n) is 4.64. The summed E-state index contributed by atoms with van der Waals surface area (Å²) in [5, 5.41) is 10.5. The summed E-state index contributed by atoms with van der Waals surface area (Å²) in [6.07, 6.45) is 1.55. The van der Waals surface area contributed by atoms with E-state index in [0.29, 0.717) is 27.8 Å².